The first-order chi connectivity index (χ1) is 14.5. The molecule has 0 saturated carbocycles. The van der Waals surface area contributed by atoms with Crippen LogP contribution < -0.4 is 10.2 Å². The Morgan fingerprint density at radius 3 is 2.53 bits per heavy atom. The third kappa shape index (κ3) is 6.84. The Hall–Kier alpha value is -2.93. The fourth-order valence-electron chi connectivity index (χ4n) is 3.04. The van der Waals surface area contributed by atoms with Gasteiger partial charge in [-0.1, -0.05) is 44.0 Å². The van der Waals surface area contributed by atoms with Gasteiger partial charge in [0.25, 0.3) is 0 Å². The molecule has 2 rings (SSSR count). The Bertz CT molecular complexity index is 823. The van der Waals surface area contributed by atoms with E-state index < -0.39 is 12.1 Å². The van der Waals surface area contributed by atoms with Crippen molar-refractivity contribution in [2.75, 3.05) is 25.1 Å². The number of rotatable bonds is 11. The molecule has 0 fully saturated rings. The van der Waals surface area contributed by atoms with Crippen molar-refractivity contribution in [3.8, 4) is 11.3 Å². The van der Waals surface area contributed by atoms with Crippen molar-refractivity contribution < 1.29 is 19.4 Å². The number of aliphatic carboxylic acids is 1. The minimum Gasteiger partial charge on any atom is -0.479 e. The topological polar surface area (TPSA) is 91.8 Å². The second-order valence-corrected chi connectivity index (χ2v) is 7.08. The summed E-state index contributed by atoms with van der Waals surface area (Å²) in [5, 5.41) is 12.2. The average molecular weight is 414 g/mol. The Morgan fingerprint density at radius 2 is 1.90 bits per heavy atom. The zero-order chi connectivity index (χ0) is 21.9. The van der Waals surface area contributed by atoms with Crippen LogP contribution in [0, 0.1) is 0 Å². The highest BCUT2D eigenvalue weighted by Crippen LogP contribution is 2.23. The van der Waals surface area contributed by atoms with Crippen molar-refractivity contribution in [1.82, 2.24) is 10.3 Å². The van der Waals surface area contributed by atoms with E-state index in [1.807, 2.05) is 30.3 Å². The second kappa shape index (κ2) is 11.9. The first kappa shape index (κ1) is 23.3. The summed E-state index contributed by atoms with van der Waals surface area (Å²) in [5.41, 5.74) is 3.25. The molecule has 0 aliphatic heterocycles. The molecule has 7 nitrogen and oxygen atoms in total. The summed E-state index contributed by atoms with van der Waals surface area (Å²) in [5.74, 6) is -0.966. The monoisotopic (exact) mass is 413 g/mol. The van der Waals surface area contributed by atoms with Crippen molar-refractivity contribution in [2.24, 2.45) is 0 Å². The maximum absolute atomic E-state index is 12.3. The van der Waals surface area contributed by atoms with Crippen molar-refractivity contribution in [2.45, 2.75) is 45.6 Å². The molecule has 0 aliphatic rings. The summed E-state index contributed by atoms with van der Waals surface area (Å²) in [6.45, 7) is 4.92. The largest absolute Gasteiger partial charge is 0.479 e. The normalized spacial score (nSPS) is 11.7. The number of benzene rings is 1. The first-order valence-electron chi connectivity index (χ1n) is 10.4. The van der Waals surface area contributed by atoms with Crippen LogP contribution in [0.25, 0.3) is 11.3 Å². The van der Waals surface area contributed by atoms with Gasteiger partial charge in [-0.3, -0.25) is 9.88 Å². The summed E-state index contributed by atoms with van der Waals surface area (Å²) in [6, 6.07) is 11.1. The number of hydrogen-bond donors (Lipinski definition) is 2. The number of anilines is 1. The average Bonchev–Trinajstić information content (AvgIpc) is 2.76. The number of unbranched alkanes of at least 4 members (excludes halogenated alkanes) is 2. The van der Waals surface area contributed by atoms with Gasteiger partial charge in [0.1, 0.15) is 0 Å². The number of ether oxygens (including phenoxy) is 1. The Kier molecular flexibility index (Phi) is 9.28. The Morgan fingerprint density at radius 1 is 1.17 bits per heavy atom. The van der Waals surface area contributed by atoms with E-state index in [-0.39, 0.29) is 6.03 Å². The maximum atomic E-state index is 12.3. The number of pyridine rings is 1. The van der Waals surface area contributed by atoms with Crippen LogP contribution in [0.3, 0.4) is 0 Å². The molecule has 1 heterocycles. The van der Waals surface area contributed by atoms with E-state index in [1.54, 1.807) is 31.1 Å². The van der Waals surface area contributed by atoms with Crippen LogP contribution in [0.1, 0.15) is 38.7 Å². The predicted octanol–water partition coefficient (Wildman–Crippen LogP) is 4.12. The molecule has 2 amide bonds. The summed E-state index contributed by atoms with van der Waals surface area (Å²) in [4.78, 5) is 29.6. The van der Waals surface area contributed by atoms with E-state index in [4.69, 9.17) is 4.74 Å². The molecule has 0 saturated heterocycles. The van der Waals surface area contributed by atoms with E-state index in [1.165, 1.54) is 0 Å². The van der Waals surface area contributed by atoms with Gasteiger partial charge in [0.15, 0.2) is 6.10 Å². The second-order valence-electron chi connectivity index (χ2n) is 7.08. The van der Waals surface area contributed by atoms with E-state index >= 15 is 0 Å². The van der Waals surface area contributed by atoms with Gasteiger partial charge in [-0.2, -0.15) is 0 Å². The summed E-state index contributed by atoms with van der Waals surface area (Å²) in [7, 11) is 1.73. The molecule has 0 spiro atoms. The van der Waals surface area contributed by atoms with Gasteiger partial charge in [0.05, 0.1) is 5.69 Å². The molecule has 2 N–H and O–H groups in total. The molecule has 0 radical (unpaired) electrons. The molecular weight excluding hydrogens is 382 g/mol. The van der Waals surface area contributed by atoms with Crippen molar-refractivity contribution in [3.63, 3.8) is 0 Å². The Balaban J connectivity index is 2.06. The lowest BCUT2D eigenvalue weighted by Gasteiger charge is -2.18. The van der Waals surface area contributed by atoms with Crippen LogP contribution in [0.15, 0.2) is 42.6 Å². The molecule has 30 heavy (non-hydrogen) atoms. The number of nitrogens with one attached hydrogen (secondary N) is 1. The number of carbonyl (C=O) groups excluding carboxylic acids is 1. The third-order valence-electron chi connectivity index (χ3n) is 4.81. The van der Waals surface area contributed by atoms with E-state index in [9.17, 15) is 14.7 Å². The third-order valence-corrected chi connectivity index (χ3v) is 4.81. The van der Waals surface area contributed by atoms with E-state index in [2.05, 4.69) is 17.2 Å². The molecule has 1 aromatic heterocycles. The lowest BCUT2D eigenvalue weighted by molar-refractivity contribution is -0.149. The molecule has 1 aromatic carbocycles. The quantitative estimate of drug-likeness (QED) is 0.541. The fourth-order valence-corrected chi connectivity index (χ4v) is 3.04. The molecule has 7 heteroatoms. The van der Waals surface area contributed by atoms with Crippen molar-refractivity contribution in [3.05, 3.63) is 48.2 Å². The van der Waals surface area contributed by atoms with Gasteiger partial charge in [-0.05, 0) is 31.0 Å². The first-order valence-corrected chi connectivity index (χ1v) is 10.4. The highest BCUT2D eigenvalue weighted by Gasteiger charge is 2.18. The number of carboxylic acids is 1. The molecule has 0 unspecified atom stereocenters. The molecule has 0 aliphatic carbocycles. The summed E-state index contributed by atoms with van der Waals surface area (Å²) in [6.07, 6.45) is 4.30. The number of nitrogens with zero attached hydrogens (tertiary/aromatic N) is 2. The lowest BCUT2D eigenvalue weighted by atomic mass is 10.0. The van der Waals surface area contributed by atoms with Crippen LogP contribution in [0.4, 0.5) is 10.5 Å². The maximum Gasteiger partial charge on any atom is 0.333 e. The highest BCUT2D eigenvalue weighted by atomic mass is 16.5. The SMILES string of the molecule is CCCCCNC(=O)N(C)c1ccnc(-c2ccc(C[C@H](OCC)C(=O)O)cc2)c1. The molecular formula is C23H31N3O4. The number of carbonyl (C=O) groups is 2. The van der Waals surface area contributed by atoms with Gasteiger partial charge in [-0.25, -0.2) is 9.59 Å². The minimum atomic E-state index is -0.966. The number of aromatic nitrogens is 1. The van der Waals surface area contributed by atoms with Crippen molar-refractivity contribution >= 4 is 17.7 Å². The van der Waals surface area contributed by atoms with Crippen LogP contribution in [-0.4, -0.2) is 48.4 Å². The highest BCUT2D eigenvalue weighted by molar-refractivity contribution is 5.91. The summed E-state index contributed by atoms with van der Waals surface area (Å²) >= 11 is 0. The number of amides is 2. The standard InChI is InChI=1S/C23H31N3O4/c1-4-6-7-13-25-23(29)26(3)19-12-14-24-20(16-19)18-10-8-17(9-11-18)15-21(22(27)28)30-5-2/h8-12,14,16,21H,4-7,13,15H2,1-3H3,(H,25,29)(H,27,28)/t21-/m0/s1. The van der Waals surface area contributed by atoms with Gasteiger partial charge >= 0.3 is 12.0 Å². The number of urea groups is 1. The lowest BCUT2D eigenvalue weighted by Crippen LogP contribution is -2.37. The molecule has 0 bridgehead atoms. The molecule has 1 atom stereocenters. The predicted molar refractivity (Wildman–Crippen MR) is 118 cm³/mol. The molecule has 2 aromatic rings. The van der Waals surface area contributed by atoms with Crippen LogP contribution in [0.5, 0.6) is 0 Å². The number of carboxylic acid groups (broad SMARTS) is 1. The number of hydrogen-bond acceptors (Lipinski definition) is 4. The van der Waals surface area contributed by atoms with E-state index in [0.717, 1.165) is 41.8 Å². The fraction of sp³-hybridized carbons (Fsp3) is 0.435. The molecule has 162 valence electrons. The van der Waals surface area contributed by atoms with Crippen molar-refractivity contribution in [1.29, 1.82) is 0 Å². The van der Waals surface area contributed by atoms with Gasteiger partial charge in [-0.15, -0.1) is 0 Å². The van der Waals surface area contributed by atoms with Gasteiger partial charge in [0.2, 0.25) is 0 Å². The van der Waals surface area contributed by atoms with Crippen LogP contribution in [-0.2, 0) is 16.0 Å². The zero-order valence-electron chi connectivity index (χ0n) is 17.9. The minimum absolute atomic E-state index is 0.144. The smallest absolute Gasteiger partial charge is 0.333 e. The van der Waals surface area contributed by atoms with Crippen LogP contribution in [0.2, 0.25) is 0 Å². The van der Waals surface area contributed by atoms with E-state index in [0.29, 0.717) is 19.6 Å². The zero-order valence-corrected chi connectivity index (χ0v) is 17.9. The Labute approximate surface area is 178 Å². The van der Waals surface area contributed by atoms with Gasteiger partial charge < -0.3 is 15.2 Å². The summed E-state index contributed by atoms with van der Waals surface area (Å²) < 4.78 is 5.27. The van der Waals surface area contributed by atoms with Crippen LogP contribution >= 0.6 is 0 Å². The van der Waals surface area contributed by atoms with Gasteiger partial charge in [0, 0.05) is 44.1 Å².